The van der Waals surface area contributed by atoms with Gasteiger partial charge < -0.3 is 4.98 Å². The molecule has 1 N–H and O–H groups in total. The number of nitrogens with zero attached hydrogens (tertiary/aromatic N) is 1. The molecule has 0 saturated heterocycles. The highest BCUT2D eigenvalue weighted by Gasteiger charge is 2.02. The van der Waals surface area contributed by atoms with Crippen LogP contribution in [0.15, 0.2) is 36.5 Å². The van der Waals surface area contributed by atoms with Gasteiger partial charge in [0.25, 0.3) is 0 Å². The summed E-state index contributed by atoms with van der Waals surface area (Å²) in [5, 5.41) is 2.41. The Labute approximate surface area is 81.6 Å². The normalized spacial score (nSPS) is 11.2. The van der Waals surface area contributed by atoms with Crippen molar-refractivity contribution in [3.63, 3.8) is 0 Å². The molecule has 0 amide bonds. The fraction of sp³-hybridized carbons (Fsp3) is 0.0833. The Bertz CT molecular complexity index is 608. The number of hydrogen-bond acceptors (Lipinski definition) is 1. The number of aryl methyl sites for hydroxylation is 1. The van der Waals surface area contributed by atoms with Crippen LogP contribution in [0.2, 0.25) is 0 Å². The zero-order valence-corrected chi connectivity index (χ0v) is 7.91. The standard InChI is InChI=1S/C12H10N2/c1-8-7-10-5-4-9-3-2-6-13-11(9)12(10)14-8/h2-7,14H,1H3. The summed E-state index contributed by atoms with van der Waals surface area (Å²) in [6.45, 7) is 2.06. The van der Waals surface area contributed by atoms with Crippen LogP contribution in [0.3, 0.4) is 0 Å². The van der Waals surface area contributed by atoms with Crippen molar-refractivity contribution in [2.75, 3.05) is 0 Å². The lowest BCUT2D eigenvalue weighted by Gasteiger charge is -1.97. The molecular formula is C12H10N2. The molecule has 0 unspecified atom stereocenters. The van der Waals surface area contributed by atoms with E-state index < -0.39 is 0 Å². The lowest BCUT2D eigenvalue weighted by Crippen LogP contribution is -1.79. The molecule has 0 spiro atoms. The van der Waals surface area contributed by atoms with Gasteiger partial charge in [-0.25, -0.2) is 0 Å². The van der Waals surface area contributed by atoms with E-state index in [2.05, 4.69) is 41.2 Å². The van der Waals surface area contributed by atoms with Gasteiger partial charge in [-0.05, 0) is 19.1 Å². The Hall–Kier alpha value is -1.83. The summed E-state index contributed by atoms with van der Waals surface area (Å²) in [5.41, 5.74) is 3.37. The molecule has 0 aliphatic rings. The van der Waals surface area contributed by atoms with Crippen molar-refractivity contribution >= 4 is 21.8 Å². The molecule has 14 heavy (non-hydrogen) atoms. The Morgan fingerprint density at radius 3 is 2.93 bits per heavy atom. The van der Waals surface area contributed by atoms with Crippen LogP contribution in [0, 0.1) is 6.92 Å². The van der Waals surface area contributed by atoms with Crippen molar-refractivity contribution in [3.05, 3.63) is 42.2 Å². The lowest BCUT2D eigenvalue weighted by molar-refractivity contribution is 1.30. The fourth-order valence-corrected chi connectivity index (χ4v) is 1.88. The van der Waals surface area contributed by atoms with Gasteiger partial charge in [0.15, 0.2) is 0 Å². The van der Waals surface area contributed by atoms with E-state index in [9.17, 15) is 0 Å². The van der Waals surface area contributed by atoms with Crippen LogP contribution in [0.25, 0.3) is 21.8 Å². The second-order valence-electron chi connectivity index (χ2n) is 3.56. The molecule has 2 nitrogen and oxygen atoms in total. The highest BCUT2D eigenvalue weighted by molar-refractivity contribution is 6.03. The van der Waals surface area contributed by atoms with E-state index in [1.807, 2.05) is 12.3 Å². The number of hydrogen-bond donors (Lipinski definition) is 1. The van der Waals surface area contributed by atoms with Gasteiger partial charge in [0.1, 0.15) is 0 Å². The second-order valence-corrected chi connectivity index (χ2v) is 3.56. The molecule has 3 rings (SSSR count). The molecule has 2 aromatic heterocycles. The van der Waals surface area contributed by atoms with Crippen LogP contribution in [0.5, 0.6) is 0 Å². The smallest absolute Gasteiger partial charge is 0.0942 e. The summed E-state index contributed by atoms with van der Waals surface area (Å²) >= 11 is 0. The van der Waals surface area contributed by atoms with Crippen molar-refractivity contribution in [3.8, 4) is 0 Å². The van der Waals surface area contributed by atoms with E-state index in [1.165, 1.54) is 16.5 Å². The van der Waals surface area contributed by atoms with E-state index in [4.69, 9.17) is 0 Å². The molecule has 2 heterocycles. The van der Waals surface area contributed by atoms with Gasteiger partial charge in [-0.1, -0.05) is 18.2 Å². The minimum absolute atomic E-state index is 1.05. The fourth-order valence-electron chi connectivity index (χ4n) is 1.88. The van der Waals surface area contributed by atoms with Crippen molar-refractivity contribution in [2.45, 2.75) is 6.92 Å². The first kappa shape index (κ1) is 7.56. The SMILES string of the molecule is Cc1cc2ccc3cccnc3c2[nH]1. The topological polar surface area (TPSA) is 28.7 Å². The van der Waals surface area contributed by atoms with Gasteiger partial charge in [0.05, 0.1) is 11.0 Å². The third-order valence-corrected chi connectivity index (χ3v) is 2.50. The second kappa shape index (κ2) is 2.58. The maximum Gasteiger partial charge on any atom is 0.0942 e. The largest absolute Gasteiger partial charge is 0.357 e. The predicted octanol–water partition coefficient (Wildman–Crippen LogP) is 3.02. The van der Waals surface area contributed by atoms with Gasteiger partial charge in [-0.15, -0.1) is 0 Å². The first-order valence-corrected chi connectivity index (χ1v) is 4.68. The Kier molecular flexibility index (Phi) is 1.39. The summed E-state index contributed by atoms with van der Waals surface area (Å²) in [7, 11) is 0. The minimum Gasteiger partial charge on any atom is -0.357 e. The first-order chi connectivity index (χ1) is 6.84. The number of pyridine rings is 1. The molecule has 68 valence electrons. The van der Waals surface area contributed by atoms with Crippen molar-refractivity contribution < 1.29 is 0 Å². The monoisotopic (exact) mass is 182 g/mol. The number of benzene rings is 1. The molecule has 0 bridgehead atoms. The average molecular weight is 182 g/mol. The molecule has 0 fully saturated rings. The highest BCUT2D eigenvalue weighted by atomic mass is 14.8. The van der Waals surface area contributed by atoms with Gasteiger partial charge in [-0.3, -0.25) is 4.98 Å². The number of fused-ring (bicyclic) bond motifs is 3. The van der Waals surface area contributed by atoms with Crippen LogP contribution >= 0.6 is 0 Å². The van der Waals surface area contributed by atoms with Crippen molar-refractivity contribution in [2.24, 2.45) is 0 Å². The van der Waals surface area contributed by atoms with Crippen LogP contribution < -0.4 is 0 Å². The maximum atomic E-state index is 4.39. The Morgan fingerprint density at radius 2 is 2.00 bits per heavy atom. The van der Waals surface area contributed by atoms with Crippen LogP contribution in [0.4, 0.5) is 0 Å². The summed E-state index contributed by atoms with van der Waals surface area (Å²) in [6.07, 6.45) is 1.83. The van der Waals surface area contributed by atoms with Gasteiger partial charge in [0.2, 0.25) is 0 Å². The molecule has 0 aliphatic heterocycles. The molecule has 0 aliphatic carbocycles. The molecule has 2 heteroatoms. The van der Waals surface area contributed by atoms with Gasteiger partial charge in [0, 0.05) is 22.7 Å². The zero-order chi connectivity index (χ0) is 9.54. The molecule has 0 atom stereocenters. The van der Waals surface area contributed by atoms with Crippen LogP contribution in [-0.4, -0.2) is 9.97 Å². The molecule has 3 aromatic rings. The molecule has 0 radical (unpaired) electrons. The summed E-state index contributed by atoms with van der Waals surface area (Å²) in [5.74, 6) is 0. The quantitative estimate of drug-likeness (QED) is 0.568. The lowest BCUT2D eigenvalue weighted by atomic mass is 10.1. The van der Waals surface area contributed by atoms with E-state index >= 15 is 0 Å². The maximum absolute atomic E-state index is 4.39. The van der Waals surface area contributed by atoms with E-state index in [0.29, 0.717) is 0 Å². The third kappa shape index (κ3) is 0.940. The van der Waals surface area contributed by atoms with Crippen molar-refractivity contribution in [1.82, 2.24) is 9.97 Å². The average Bonchev–Trinajstić information content (AvgIpc) is 2.59. The van der Waals surface area contributed by atoms with Crippen LogP contribution in [0.1, 0.15) is 5.69 Å². The first-order valence-electron chi connectivity index (χ1n) is 4.68. The van der Waals surface area contributed by atoms with Crippen LogP contribution in [-0.2, 0) is 0 Å². The third-order valence-electron chi connectivity index (χ3n) is 2.50. The van der Waals surface area contributed by atoms with Gasteiger partial charge >= 0.3 is 0 Å². The highest BCUT2D eigenvalue weighted by Crippen LogP contribution is 2.23. The van der Waals surface area contributed by atoms with Gasteiger partial charge in [-0.2, -0.15) is 0 Å². The number of nitrogens with one attached hydrogen (secondary N) is 1. The summed E-state index contributed by atoms with van der Waals surface area (Å²) in [4.78, 5) is 7.73. The molecule has 0 saturated carbocycles. The van der Waals surface area contributed by atoms with E-state index in [1.54, 1.807) is 0 Å². The zero-order valence-electron chi connectivity index (χ0n) is 7.91. The number of rotatable bonds is 0. The summed E-state index contributed by atoms with van der Waals surface area (Å²) < 4.78 is 0. The number of aromatic nitrogens is 2. The predicted molar refractivity (Wildman–Crippen MR) is 58.3 cm³/mol. The number of aromatic amines is 1. The molecular weight excluding hydrogens is 172 g/mol. The van der Waals surface area contributed by atoms with Crippen molar-refractivity contribution in [1.29, 1.82) is 0 Å². The minimum atomic E-state index is 1.05. The number of H-pyrrole nitrogens is 1. The Morgan fingerprint density at radius 1 is 1.14 bits per heavy atom. The van der Waals surface area contributed by atoms with E-state index in [-0.39, 0.29) is 0 Å². The molecule has 1 aromatic carbocycles. The van der Waals surface area contributed by atoms with E-state index in [0.717, 1.165) is 11.0 Å². The Balaban J connectivity index is 2.60. The summed E-state index contributed by atoms with van der Waals surface area (Å²) in [6, 6.07) is 10.4.